The highest BCUT2D eigenvalue weighted by Crippen LogP contribution is 2.29. The Hall–Kier alpha value is -2.93. The first-order valence-electron chi connectivity index (χ1n) is 7.63. The molecule has 0 saturated heterocycles. The zero-order valence-corrected chi connectivity index (χ0v) is 14.2. The van der Waals surface area contributed by atoms with Gasteiger partial charge in [-0.1, -0.05) is 41.9 Å². The molecule has 1 heterocycles. The molecule has 0 aliphatic carbocycles. The molecule has 8 heteroatoms. The number of alkyl halides is 2. The van der Waals surface area contributed by atoms with Crippen LogP contribution in [0.4, 0.5) is 14.5 Å². The standard InChI is InChI=1S/C18H14ClF2N3O2/c19-15-8-14(6-7-16(15)26-18(20)21)23-17(25)13-9-22-24(11-13)10-12-4-2-1-3-5-12/h1-9,11,18H,10H2,(H,23,25). The van der Waals surface area contributed by atoms with Gasteiger partial charge in [-0.25, -0.2) is 0 Å². The van der Waals surface area contributed by atoms with E-state index in [4.69, 9.17) is 11.6 Å². The Morgan fingerprint density at radius 1 is 1.23 bits per heavy atom. The van der Waals surface area contributed by atoms with Gasteiger partial charge in [-0.05, 0) is 23.8 Å². The molecule has 0 bridgehead atoms. The summed E-state index contributed by atoms with van der Waals surface area (Å²) in [7, 11) is 0. The minimum Gasteiger partial charge on any atom is -0.433 e. The fourth-order valence-corrected chi connectivity index (χ4v) is 2.54. The summed E-state index contributed by atoms with van der Waals surface area (Å²) in [6.45, 7) is -2.43. The summed E-state index contributed by atoms with van der Waals surface area (Å²) in [6, 6.07) is 13.7. The largest absolute Gasteiger partial charge is 0.433 e. The number of carbonyl (C=O) groups excluding carboxylic acids is 1. The van der Waals surface area contributed by atoms with Crippen LogP contribution in [-0.2, 0) is 6.54 Å². The molecular weight excluding hydrogens is 364 g/mol. The van der Waals surface area contributed by atoms with Gasteiger partial charge in [0.05, 0.1) is 23.3 Å². The van der Waals surface area contributed by atoms with Gasteiger partial charge in [-0.2, -0.15) is 13.9 Å². The summed E-state index contributed by atoms with van der Waals surface area (Å²) < 4.78 is 30.4. The predicted molar refractivity (Wildman–Crippen MR) is 93.8 cm³/mol. The summed E-state index contributed by atoms with van der Waals surface area (Å²) in [5.41, 5.74) is 1.78. The van der Waals surface area contributed by atoms with E-state index in [0.29, 0.717) is 17.8 Å². The van der Waals surface area contributed by atoms with E-state index in [1.807, 2.05) is 30.3 Å². The summed E-state index contributed by atoms with van der Waals surface area (Å²) in [5, 5.41) is 6.78. The number of hydrogen-bond acceptors (Lipinski definition) is 3. The maximum atomic E-state index is 12.3. The van der Waals surface area contributed by atoms with Crippen LogP contribution in [0.15, 0.2) is 60.9 Å². The molecule has 0 aliphatic rings. The van der Waals surface area contributed by atoms with Crippen LogP contribution in [0, 0.1) is 0 Å². The van der Waals surface area contributed by atoms with Crippen molar-refractivity contribution >= 4 is 23.2 Å². The van der Waals surface area contributed by atoms with E-state index in [-0.39, 0.29) is 16.7 Å². The van der Waals surface area contributed by atoms with Crippen LogP contribution in [0.2, 0.25) is 5.02 Å². The third kappa shape index (κ3) is 4.58. The maximum Gasteiger partial charge on any atom is 0.387 e. The molecule has 0 unspecified atom stereocenters. The molecule has 3 rings (SSSR count). The lowest BCUT2D eigenvalue weighted by molar-refractivity contribution is -0.0497. The molecule has 0 radical (unpaired) electrons. The van der Waals surface area contributed by atoms with Gasteiger partial charge < -0.3 is 10.1 Å². The van der Waals surface area contributed by atoms with Gasteiger partial charge in [0, 0.05) is 11.9 Å². The SMILES string of the molecule is O=C(Nc1ccc(OC(F)F)c(Cl)c1)c1cnn(Cc2ccccc2)c1. The van der Waals surface area contributed by atoms with Crippen LogP contribution in [-0.4, -0.2) is 22.3 Å². The number of nitrogens with zero attached hydrogens (tertiary/aromatic N) is 2. The average molecular weight is 378 g/mol. The molecule has 134 valence electrons. The molecule has 1 aromatic heterocycles. The Labute approximate surface area is 153 Å². The van der Waals surface area contributed by atoms with E-state index in [2.05, 4.69) is 15.2 Å². The molecule has 2 aromatic carbocycles. The lowest BCUT2D eigenvalue weighted by Crippen LogP contribution is -2.11. The van der Waals surface area contributed by atoms with Gasteiger partial charge in [-0.15, -0.1) is 0 Å². The minimum atomic E-state index is -2.97. The highest BCUT2D eigenvalue weighted by molar-refractivity contribution is 6.32. The first kappa shape index (κ1) is 17.9. The predicted octanol–water partition coefficient (Wildman–Crippen LogP) is 4.44. The van der Waals surface area contributed by atoms with E-state index in [9.17, 15) is 13.6 Å². The van der Waals surface area contributed by atoms with Crippen LogP contribution < -0.4 is 10.1 Å². The number of rotatable bonds is 6. The summed E-state index contributed by atoms with van der Waals surface area (Å²) in [5.74, 6) is -0.543. The normalized spacial score (nSPS) is 10.8. The number of halogens is 3. The van der Waals surface area contributed by atoms with Crippen LogP contribution in [0.3, 0.4) is 0 Å². The quantitative estimate of drug-likeness (QED) is 0.691. The Morgan fingerprint density at radius 3 is 2.69 bits per heavy atom. The molecule has 3 aromatic rings. The number of nitrogens with one attached hydrogen (secondary N) is 1. The number of amides is 1. The monoisotopic (exact) mass is 377 g/mol. The Morgan fingerprint density at radius 2 is 2.00 bits per heavy atom. The molecule has 0 saturated carbocycles. The van der Waals surface area contributed by atoms with Crippen LogP contribution >= 0.6 is 11.6 Å². The molecule has 0 spiro atoms. The number of hydrogen-bond donors (Lipinski definition) is 1. The van der Waals surface area contributed by atoms with Crippen LogP contribution in [0.1, 0.15) is 15.9 Å². The van der Waals surface area contributed by atoms with Crippen molar-refractivity contribution in [2.75, 3.05) is 5.32 Å². The van der Waals surface area contributed by atoms with Crippen molar-refractivity contribution < 1.29 is 18.3 Å². The second-order valence-electron chi connectivity index (χ2n) is 5.39. The Kier molecular flexibility index (Phi) is 5.48. The number of carbonyl (C=O) groups is 1. The van der Waals surface area contributed by atoms with E-state index < -0.39 is 6.61 Å². The third-order valence-electron chi connectivity index (χ3n) is 3.49. The van der Waals surface area contributed by atoms with Crippen LogP contribution in [0.5, 0.6) is 5.75 Å². The van der Waals surface area contributed by atoms with Crippen LogP contribution in [0.25, 0.3) is 0 Å². The van der Waals surface area contributed by atoms with E-state index >= 15 is 0 Å². The average Bonchev–Trinajstić information content (AvgIpc) is 3.06. The van der Waals surface area contributed by atoms with Crippen molar-refractivity contribution in [2.45, 2.75) is 13.2 Å². The molecule has 0 aliphatic heterocycles. The second-order valence-corrected chi connectivity index (χ2v) is 5.80. The minimum absolute atomic E-state index is 0.0251. The van der Waals surface area contributed by atoms with Gasteiger partial charge in [0.2, 0.25) is 0 Å². The van der Waals surface area contributed by atoms with Gasteiger partial charge in [0.1, 0.15) is 5.75 Å². The van der Waals surface area contributed by atoms with Crippen molar-refractivity contribution in [3.05, 3.63) is 77.1 Å². The fraction of sp³-hybridized carbons (Fsp3) is 0.111. The molecule has 5 nitrogen and oxygen atoms in total. The molecule has 26 heavy (non-hydrogen) atoms. The summed E-state index contributed by atoms with van der Waals surface area (Å²) in [4.78, 5) is 12.3. The highest BCUT2D eigenvalue weighted by atomic mass is 35.5. The Balaban J connectivity index is 1.66. The molecule has 0 fully saturated rings. The highest BCUT2D eigenvalue weighted by Gasteiger charge is 2.12. The van der Waals surface area contributed by atoms with Gasteiger partial charge in [-0.3, -0.25) is 9.48 Å². The number of anilines is 1. The van der Waals surface area contributed by atoms with Gasteiger partial charge in [0.25, 0.3) is 5.91 Å². The fourth-order valence-electron chi connectivity index (χ4n) is 2.31. The smallest absolute Gasteiger partial charge is 0.387 e. The van der Waals surface area contributed by atoms with Crippen molar-refractivity contribution in [3.8, 4) is 5.75 Å². The maximum absolute atomic E-state index is 12.3. The lowest BCUT2D eigenvalue weighted by Gasteiger charge is -2.09. The van der Waals surface area contributed by atoms with E-state index in [1.54, 1.807) is 10.9 Å². The molecule has 1 amide bonds. The summed E-state index contributed by atoms with van der Waals surface area (Å²) >= 11 is 5.87. The Bertz CT molecular complexity index is 900. The molecule has 1 N–H and O–H groups in total. The van der Waals surface area contributed by atoms with Gasteiger partial charge in [0.15, 0.2) is 0 Å². The van der Waals surface area contributed by atoms with Gasteiger partial charge >= 0.3 is 6.61 Å². The van der Waals surface area contributed by atoms with Crippen molar-refractivity contribution in [3.63, 3.8) is 0 Å². The second kappa shape index (κ2) is 7.97. The van der Waals surface area contributed by atoms with Crippen molar-refractivity contribution in [1.29, 1.82) is 0 Å². The first-order valence-corrected chi connectivity index (χ1v) is 8.01. The number of aromatic nitrogens is 2. The lowest BCUT2D eigenvalue weighted by atomic mass is 10.2. The van der Waals surface area contributed by atoms with E-state index in [0.717, 1.165) is 5.56 Å². The molecular formula is C18H14ClF2N3O2. The van der Waals surface area contributed by atoms with Crippen molar-refractivity contribution in [2.24, 2.45) is 0 Å². The zero-order chi connectivity index (χ0) is 18.5. The van der Waals surface area contributed by atoms with Crippen molar-refractivity contribution in [1.82, 2.24) is 9.78 Å². The topological polar surface area (TPSA) is 56.1 Å². The number of benzene rings is 2. The zero-order valence-electron chi connectivity index (χ0n) is 13.4. The number of ether oxygens (including phenoxy) is 1. The molecule has 0 atom stereocenters. The van der Waals surface area contributed by atoms with E-state index in [1.165, 1.54) is 24.4 Å². The first-order chi connectivity index (χ1) is 12.5. The summed E-state index contributed by atoms with van der Waals surface area (Å²) in [6.07, 6.45) is 3.08. The third-order valence-corrected chi connectivity index (χ3v) is 3.78.